The molecule has 0 aliphatic carbocycles. The van der Waals surface area contributed by atoms with E-state index in [9.17, 15) is 9.59 Å². The van der Waals surface area contributed by atoms with Crippen molar-refractivity contribution in [3.63, 3.8) is 0 Å². The van der Waals surface area contributed by atoms with Gasteiger partial charge in [-0.25, -0.2) is 15.0 Å². The second kappa shape index (κ2) is 7.63. The molecule has 3 rings (SSSR count). The number of piperidine rings is 1. The molecule has 0 saturated carbocycles. The first-order valence-electron chi connectivity index (χ1n) is 8.70. The van der Waals surface area contributed by atoms with E-state index in [1.807, 2.05) is 19.9 Å². The molecule has 8 heteroatoms. The van der Waals surface area contributed by atoms with Gasteiger partial charge in [-0.2, -0.15) is 0 Å². The lowest BCUT2D eigenvalue weighted by Crippen LogP contribution is -2.46. The first-order valence-corrected chi connectivity index (χ1v) is 8.70. The van der Waals surface area contributed by atoms with Crippen LogP contribution in [0.25, 0.3) is 0 Å². The lowest BCUT2D eigenvalue weighted by atomic mass is 10.1. The minimum absolute atomic E-state index is 0.0150. The van der Waals surface area contributed by atoms with Gasteiger partial charge in [0, 0.05) is 29.7 Å². The molecule has 2 aromatic rings. The predicted octanol–water partition coefficient (Wildman–Crippen LogP) is 1.03. The molecule has 1 atom stereocenters. The molecule has 8 nitrogen and oxygen atoms in total. The molecule has 2 aromatic heterocycles. The van der Waals surface area contributed by atoms with Crippen LogP contribution in [-0.2, 0) is 11.3 Å². The number of carbonyl (C=O) groups is 1. The van der Waals surface area contributed by atoms with Crippen LogP contribution in [0.3, 0.4) is 0 Å². The Morgan fingerprint density at radius 1 is 1.19 bits per heavy atom. The van der Waals surface area contributed by atoms with E-state index in [4.69, 9.17) is 4.74 Å². The van der Waals surface area contributed by atoms with Gasteiger partial charge in [0.1, 0.15) is 12.6 Å². The standard InChI is InChI=1S/C18H23N5O3/c1-12-8-16(24)23(11-19-12)10-17(25)22-6-4-5-15(9-22)26-18-20-13(2)7-14(3)21-18/h7-8,11,15H,4-6,9-10H2,1-3H3. The first-order chi connectivity index (χ1) is 12.4. The molecule has 1 aliphatic rings. The number of hydrogen-bond acceptors (Lipinski definition) is 6. The van der Waals surface area contributed by atoms with E-state index in [0.717, 1.165) is 24.2 Å². The Morgan fingerprint density at radius 2 is 1.92 bits per heavy atom. The van der Waals surface area contributed by atoms with Crippen LogP contribution < -0.4 is 10.3 Å². The fraction of sp³-hybridized carbons (Fsp3) is 0.500. The summed E-state index contributed by atoms with van der Waals surface area (Å²) in [7, 11) is 0. The van der Waals surface area contributed by atoms with Gasteiger partial charge in [0.2, 0.25) is 5.91 Å². The summed E-state index contributed by atoms with van der Waals surface area (Å²) in [4.78, 5) is 38.9. The van der Waals surface area contributed by atoms with Crippen LogP contribution >= 0.6 is 0 Å². The molecule has 3 heterocycles. The predicted molar refractivity (Wildman–Crippen MR) is 95.0 cm³/mol. The maximum atomic E-state index is 12.6. The van der Waals surface area contributed by atoms with E-state index >= 15 is 0 Å². The number of likely N-dealkylation sites (tertiary alicyclic amines) is 1. The zero-order valence-electron chi connectivity index (χ0n) is 15.3. The van der Waals surface area contributed by atoms with Crippen molar-refractivity contribution in [1.29, 1.82) is 0 Å². The molecule has 138 valence electrons. The SMILES string of the molecule is Cc1cc(=O)n(CC(=O)N2CCCC(Oc3nc(C)cc(C)n3)C2)cn1. The molecular formula is C18H23N5O3. The number of aryl methyl sites for hydroxylation is 3. The van der Waals surface area contributed by atoms with Crippen LogP contribution in [0.2, 0.25) is 0 Å². The largest absolute Gasteiger partial charge is 0.458 e. The van der Waals surface area contributed by atoms with Gasteiger partial charge in [0.25, 0.3) is 5.56 Å². The fourth-order valence-corrected chi connectivity index (χ4v) is 3.04. The molecule has 0 bridgehead atoms. The van der Waals surface area contributed by atoms with E-state index < -0.39 is 0 Å². The van der Waals surface area contributed by atoms with Gasteiger partial charge in [0.05, 0.1) is 12.9 Å². The first kappa shape index (κ1) is 18.0. The highest BCUT2D eigenvalue weighted by Gasteiger charge is 2.26. The Labute approximate surface area is 151 Å². The number of carbonyl (C=O) groups excluding carboxylic acids is 1. The minimum Gasteiger partial charge on any atom is -0.458 e. The lowest BCUT2D eigenvalue weighted by molar-refractivity contribution is -0.134. The number of rotatable bonds is 4. The summed E-state index contributed by atoms with van der Waals surface area (Å²) in [6.45, 7) is 6.63. The Morgan fingerprint density at radius 3 is 2.62 bits per heavy atom. The quantitative estimate of drug-likeness (QED) is 0.812. The molecule has 1 amide bonds. The maximum absolute atomic E-state index is 12.6. The van der Waals surface area contributed by atoms with Crippen LogP contribution in [-0.4, -0.2) is 49.5 Å². The second-order valence-corrected chi connectivity index (χ2v) is 6.65. The highest BCUT2D eigenvalue weighted by atomic mass is 16.5. The zero-order chi connectivity index (χ0) is 18.7. The van der Waals surface area contributed by atoms with Crippen LogP contribution in [0.5, 0.6) is 6.01 Å². The minimum atomic E-state index is -0.223. The van der Waals surface area contributed by atoms with E-state index in [1.165, 1.54) is 17.0 Å². The van der Waals surface area contributed by atoms with Crippen molar-refractivity contribution in [2.75, 3.05) is 13.1 Å². The Hall–Kier alpha value is -2.77. The Kier molecular flexibility index (Phi) is 5.29. The normalized spacial score (nSPS) is 17.2. The summed E-state index contributed by atoms with van der Waals surface area (Å²) in [5.74, 6) is -0.118. The van der Waals surface area contributed by atoms with Gasteiger partial charge >= 0.3 is 6.01 Å². The van der Waals surface area contributed by atoms with Crippen molar-refractivity contribution < 1.29 is 9.53 Å². The number of aromatic nitrogens is 4. The number of ether oxygens (including phenoxy) is 1. The average Bonchev–Trinajstić information content (AvgIpc) is 2.56. The molecule has 0 aromatic carbocycles. The summed E-state index contributed by atoms with van der Waals surface area (Å²) in [5.41, 5.74) is 2.11. The number of hydrogen-bond donors (Lipinski definition) is 0. The van der Waals surface area contributed by atoms with E-state index in [2.05, 4.69) is 15.0 Å². The average molecular weight is 357 g/mol. The molecule has 0 radical (unpaired) electrons. The molecule has 1 unspecified atom stereocenters. The summed E-state index contributed by atoms with van der Waals surface area (Å²) < 4.78 is 7.22. The Bertz CT molecular complexity index is 844. The molecular weight excluding hydrogens is 334 g/mol. The van der Waals surface area contributed by atoms with Crippen LogP contribution in [0.4, 0.5) is 0 Å². The van der Waals surface area contributed by atoms with Crippen molar-refractivity contribution in [1.82, 2.24) is 24.4 Å². The third kappa shape index (κ3) is 4.44. The number of amides is 1. The van der Waals surface area contributed by atoms with Crippen molar-refractivity contribution in [3.05, 3.63) is 45.9 Å². The smallest absolute Gasteiger partial charge is 0.317 e. The molecule has 26 heavy (non-hydrogen) atoms. The maximum Gasteiger partial charge on any atom is 0.317 e. The van der Waals surface area contributed by atoms with E-state index in [1.54, 1.807) is 11.8 Å². The molecule has 1 saturated heterocycles. The molecule has 1 fully saturated rings. The molecule has 0 N–H and O–H groups in total. The summed E-state index contributed by atoms with van der Waals surface area (Å²) in [6.07, 6.45) is 2.94. The van der Waals surface area contributed by atoms with Crippen LogP contribution in [0, 0.1) is 20.8 Å². The Balaban J connectivity index is 1.64. The van der Waals surface area contributed by atoms with Crippen LogP contribution in [0.1, 0.15) is 29.9 Å². The zero-order valence-corrected chi connectivity index (χ0v) is 15.3. The van der Waals surface area contributed by atoms with Gasteiger partial charge in [-0.1, -0.05) is 0 Å². The molecule has 1 aliphatic heterocycles. The van der Waals surface area contributed by atoms with Crippen molar-refractivity contribution in [3.8, 4) is 6.01 Å². The third-order valence-electron chi connectivity index (χ3n) is 4.29. The lowest BCUT2D eigenvalue weighted by Gasteiger charge is -2.32. The van der Waals surface area contributed by atoms with Gasteiger partial charge < -0.3 is 9.64 Å². The highest BCUT2D eigenvalue weighted by Crippen LogP contribution is 2.16. The van der Waals surface area contributed by atoms with Crippen molar-refractivity contribution in [2.45, 2.75) is 46.3 Å². The van der Waals surface area contributed by atoms with Crippen LogP contribution in [0.15, 0.2) is 23.3 Å². The molecule has 0 spiro atoms. The van der Waals surface area contributed by atoms with Gasteiger partial charge in [-0.05, 0) is 39.7 Å². The van der Waals surface area contributed by atoms with Crippen molar-refractivity contribution in [2.24, 2.45) is 0 Å². The topological polar surface area (TPSA) is 90.2 Å². The van der Waals surface area contributed by atoms with Gasteiger partial charge in [-0.3, -0.25) is 14.2 Å². The summed E-state index contributed by atoms with van der Waals surface area (Å²) >= 11 is 0. The number of nitrogens with zero attached hydrogens (tertiary/aromatic N) is 5. The monoisotopic (exact) mass is 357 g/mol. The summed E-state index contributed by atoms with van der Waals surface area (Å²) in [5, 5.41) is 0. The highest BCUT2D eigenvalue weighted by molar-refractivity contribution is 5.76. The van der Waals surface area contributed by atoms with Crippen molar-refractivity contribution >= 4 is 5.91 Å². The second-order valence-electron chi connectivity index (χ2n) is 6.65. The van der Waals surface area contributed by atoms with E-state index in [0.29, 0.717) is 24.8 Å². The third-order valence-corrected chi connectivity index (χ3v) is 4.29. The fourth-order valence-electron chi connectivity index (χ4n) is 3.04. The van der Waals surface area contributed by atoms with E-state index in [-0.39, 0.29) is 24.1 Å². The van der Waals surface area contributed by atoms with Gasteiger partial charge in [0.15, 0.2) is 0 Å². The summed E-state index contributed by atoms with van der Waals surface area (Å²) in [6, 6.07) is 3.66. The van der Waals surface area contributed by atoms with Gasteiger partial charge in [-0.15, -0.1) is 0 Å².